The zero-order valence-corrected chi connectivity index (χ0v) is 15.5. The van der Waals surface area contributed by atoms with E-state index in [2.05, 4.69) is 13.8 Å². The molecule has 1 heteroatoms. The van der Waals surface area contributed by atoms with Crippen molar-refractivity contribution in [1.82, 2.24) is 0 Å². The van der Waals surface area contributed by atoms with Crippen molar-refractivity contribution in [1.29, 1.82) is 0 Å². The second kappa shape index (κ2) is 19.4. The molecule has 0 amide bonds. The van der Waals surface area contributed by atoms with Crippen LogP contribution in [0.4, 0.5) is 0 Å². The monoisotopic (exact) mass is 300 g/mol. The normalized spacial score (nSPS) is 11.7. The maximum Gasteiger partial charge on any atom is -0.0353 e. The fourth-order valence-corrected chi connectivity index (χ4v) is 3.97. The van der Waals surface area contributed by atoms with E-state index >= 15 is 0 Å². The Hall–Kier alpha value is 0.430. The number of unbranched alkanes of at least 4 members (excludes halogenated alkanes) is 13. The minimum atomic E-state index is 1.26. The number of rotatable bonds is 17. The van der Waals surface area contributed by atoms with E-state index in [4.69, 9.17) is 0 Å². The molecule has 0 aromatic heterocycles. The Balaban J connectivity index is 2.89. The van der Waals surface area contributed by atoms with E-state index in [1.54, 1.807) is 0 Å². The summed E-state index contributed by atoms with van der Waals surface area (Å²) in [6.45, 7) is 4.60. The molecule has 0 saturated carbocycles. The second-order valence-electron chi connectivity index (χ2n) is 6.35. The molecule has 0 aliphatic rings. The molecule has 0 aromatic rings. The molecule has 0 N–H and O–H groups in total. The average molecular weight is 301 g/mol. The molecule has 0 aromatic carbocycles. The molecule has 0 radical (unpaired) electrons. The minimum absolute atomic E-state index is 1.26. The first-order valence-corrected chi connectivity index (χ1v) is 11.0. The summed E-state index contributed by atoms with van der Waals surface area (Å²) >= 11 is 0. The zero-order chi connectivity index (χ0) is 14.7. The van der Waals surface area contributed by atoms with E-state index in [1.807, 2.05) is 0 Å². The van der Waals surface area contributed by atoms with Gasteiger partial charge in [0.05, 0.1) is 0 Å². The molecular weight excluding hydrogens is 259 g/mol. The quantitative estimate of drug-likeness (QED) is 0.192. The van der Waals surface area contributed by atoms with E-state index in [-0.39, 0.29) is 0 Å². The van der Waals surface area contributed by atoms with Crippen LogP contribution < -0.4 is 0 Å². The topological polar surface area (TPSA) is 0 Å². The van der Waals surface area contributed by atoms with Crippen LogP contribution in [0.1, 0.15) is 110 Å². The van der Waals surface area contributed by atoms with Crippen molar-refractivity contribution in [2.24, 2.45) is 0 Å². The smallest absolute Gasteiger partial charge is 0.0353 e. The fourth-order valence-electron chi connectivity index (χ4n) is 2.72. The summed E-state index contributed by atoms with van der Waals surface area (Å²) in [6, 6.07) is 0. The maximum atomic E-state index is 2.30. The van der Waals surface area contributed by atoms with Gasteiger partial charge in [0.2, 0.25) is 0 Å². The van der Waals surface area contributed by atoms with Crippen LogP contribution in [0.3, 0.4) is 0 Å². The molecule has 0 heterocycles. The Kier molecular flexibility index (Phi) is 19.8. The van der Waals surface area contributed by atoms with Gasteiger partial charge in [0.1, 0.15) is 0 Å². The van der Waals surface area contributed by atoms with Gasteiger partial charge < -0.3 is 0 Å². The van der Waals surface area contributed by atoms with Crippen LogP contribution in [-0.4, -0.2) is 12.3 Å². The molecule has 0 saturated heterocycles. The first-order valence-electron chi connectivity index (χ1n) is 9.62. The van der Waals surface area contributed by atoms with Crippen molar-refractivity contribution in [2.45, 2.75) is 110 Å². The average Bonchev–Trinajstić information content (AvgIpc) is 2.47. The number of hydrogen-bond acceptors (Lipinski definition) is 0. The predicted molar refractivity (Wildman–Crippen MR) is 98.7 cm³/mol. The summed E-state index contributed by atoms with van der Waals surface area (Å²) in [5, 5.41) is 0. The van der Waals surface area contributed by atoms with Crippen molar-refractivity contribution in [3.8, 4) is 0 Å². The second-order valence-corrected chi connectivity index (χ2v) is 7.85. The Bertz CT molecular complexity index is 138. The van der Waals surface area contributed by atoms with Crippen LogP contribution in [-0.2, 0) is 0 Å². The largest absolute Gasteiger partial charge is 0.122 e. The summed E-state index contributed by atoms with van der Waals surface area (Å²) in [6.07, 6.45) is 25.0. The molecular formula is C19H41P. The lowest BCUT2D eigenvalue weighted by Gasteiger charge is -2.03. The van der Waals surface area contributed by atoms with Gasteiger partial charge in [-0.3, -0.25) is 0 Å². The van der Waals surface area contributed by atoms with Gasteiger partial charge in [0.25, 0.3) is 0 Å². The predicted octanol–water partition coefficient (Wildman–Crippen LogP) is 7.56. The Morgan fingerprint density at radius 3 is 1.05 bits per heavy atom. The van der Waals surface area contributed by atoms with E-state index < -0.39 is 0 Å². The van der Waals surface area contributed by atoms with Gasteiger partial charge in [-0.15, -0.1) is 8.58 Å². The molecule has 0 nitrogen and oxygen atoms in total. The van der Waals surface area contributed by atoms with Crippen LogP contribution in [0.15, 0.2) is 0 Å². The highest BCUT2D eigenvalue weighted by Crippen LogP contribution is 2.18. The summed E-state index contributed by atoms with van der Waals surface area (Å²) in [5.74, 6) is 0. The lowest BCUT2D eigenvalue weighted by Crippen LogP contribution is -1.85. The molecule has 1 unspecified atom stereocenters. The van der Waals surface area contributed by atoms with Crippen molar-refractivity contribution in [3.63, 3.8) is 0 Å². The van der Waals surface area contributed by atoms with Gasteiger partial charge in [0, 0.05) is 0 Å². The van der Waals surface area contributed by atoms with Gasteiger partial charge in [-0.2, -0.15) is 0 Å². The van der Waals surface area contributed by atoms with E-state index in [0.29, 0.717) is 0 Å². The third-order valence-corrected chi connectivity index (χ3v) is 5.58. The third-order valence-electron chi connectivity index (χ3n) is 4.16. The molecule has 0 fully saturated rings. The fraction of sp³-hybridized carbons (Fsp3) is 1.00. The van der Waals surface area contributed by atoms with E-state index in [0.717, 1.165) is 0 Å². The molecule has 0 aliphatic carbocycles. The Morgan fingerprint density at radius 1 is 0.400 bits per heavy atom. The molecule has 20 heavy (non-hydrogen) atoms. The molecule has 0 aliphatic heterocycles. The highest BCUT2D eigenvalue weighted by atomic mass is 31.1. The summed E-state index contributed by atoms with van der Waals surface area (Å²) < 4.78 is 0. The van der Waals surface area contributed by atoms with Gasteiger partial charge in [-0.1, -0.05) is 97.3 Å². The van der Waals surface area contributed by atoms with Crippen LogP contribution in [0.25, 0.3) is 0 Å². The van der Waals surface area contributed by atoms with Crippen LogP contribution >= 0.6 is 8.58 Å². The van der Waals surface area contributed by atoms with E-state index in [9.17, 15) is 0 Å². The summed E-state index contributed by atoms with van der Waals surface area (Å²) in [7, 11) is 1.26. The van der Waals surface area contributed by atoms with Crippen LogP contribution in [0, 0.1) is 0 Å². The van der Waals surface area contributed by atoms with Crippen molar-refractivity contribution >= 4 is 8.58 Å². The SMILES string of the molecule is CCCCCCCCCCCCPCCCCCCC. The standard InChI is InChI=1S/C19H41P/c1-3-5-7-9-10-11-12-13-15-17-19-20-18-16-14-8-6-4-2/h20H,3-19H2,1-2H3. The van der Waals surface area contributed by atoms with Crippen LogP contribution in [0.5, 0.6) is 0 Å². The maximum absolute atomic E-state index is 2.30. The van der Waals surface area contributed by atoms with Gasteiger partial charge in [0.15, 0.2) is 0 Å². The van der Waals surface area contributed by atoms with Crippen LogP contribution in [0.2, 0.25) is 0 Å². The number of hydrogen-bond donors (Lipinski definition) is 0. The molecule has 1 atom stereocenters. The van der Waals surface area contributed by atoms with Crippen molar-refractivity contribution in [3.05, 3.63) is 0 Å². The molecule has 0 rings (SSSR count). The lowest BCUT2D eigenvalue weighted by atomic mass is 10.1. The zero-order valence-electron chi connectivity index (χ0n) is 14.5. The Labute approximate surface area is 131 Å². The molecule has 0 bridgehead atoms. The molecule has 0 spiro atoms. The summed E-state index contributed by atoms with van der Waals surface area (Å²) in [5.41, 5.74) is 0. The van der Waals surface area contributed by atoms with Gasteiger partial charge in [-0.05, 0) is 25.2 Å². The van der Waals surface area contributed by atoms with Crippen molar-refractivity contribution < 1.29 is 0 Å². The first-order chi connectivity index (χ1) is 9.91. The first kappa shape index (κ1) is 20.4. The minimum Gasteiger partial charge on any atom is -0.122 e. The Morgan fingerprint density at radius 2 is 0.700 bits per heavy atom. The van der Waals surface area contributed by atoms with Gasteiger partial charge in [-0.25, -0.2) is 0 Å². The summed E-state index contributed by atoms with van der Waals surface area (Å²) in [4.78, 5) is 0. The van der Waals surface area contributed by atoms with Crippen molar-refractivity contribution in [2.75, 3.05) is 12.3 Å². The molecule has 122 valence electrons. The highest BCUT2D eigenvalue weighted by molar-refractivity contribution is 7.37. The lowest BCUT2D eigenvalue weighted by molar-refractivity contribution is 0.563. The third kappa shape index (κ3) is 18.4. The van der Waals surface area contributed by atoms with Gasteiger partial charge >= 0.3 is 0 Å². The van der Waals surface area contributed by atoms with E-state index in [1.165, 1.54) is 117 Å². The highest BCUT2D eigenvalue weighted by Gasteiger charge is 1.94.